The number of nitrogens with one attached hydrogen (secondary N) is 1. The molecule has 2 amide bonds. The van der Waals surface area contributed by atoms with Gasteiger partial charge in [0.2, 0.25) is 11.8 Å². The summed E-state index contributed by atoms with van der Waals surface area (Å²) in [5, 5.41) is 3.21. The number of benzene rings is 2. The second-order valence-corrected chi connectivity index (χ2v) is 10.6. The maximum Gasteiger partial charge on any atom is 0.243 e. The van der Waals surface area contributed by atoms with E-state index in [0.29, 0.717) is 25.9 Å². The fourth-order valence-electron chi connectivity index (χ4n) is 5.03. The van der Waals surface area contributed by atoms with Gasteiger partial charge in [-0.25, -0.2) is 0 Å². The van der Waals surface area contributed by atoms with E-state index < -0.39 is 6.04 Å². The lowest BCUT2D eigenvalue weighted by molar-refractivity contribution is -0.142. The highest BCUT2D eigenvalue weighted by molar-refractivity contribution is 5.88. The van der Waals surface area contributed by atoms with Crippen molar-refractivity contribution in [2.75, 3.05) is 13.1 Å². The number of amides is 2. The highest BCUT2D eigenvalue weighted by Gasteiger charge is 2.36. The summed E-state index contributed by atoms with van der Waals surface area (Å²) in [7, 11) is 0. The van der Waals surface area contributed by atoms with E-state index in [1.807, 2.05) is 26.0 Å². The molecule has 2 heterocycles. The highest BCUT2D eigenvalue weighted by Crippen LogP contribution is 2.27. The van der Waals surface area contributed by atoms with Gasteiger partial charge in [0.15, 0.2) is 0 Å². The maximum atomic E-state index is 13.4. The fraction of sp³-hybridized carbons (Fsp3) is 0.500. The molecule has 0 spiro atoms. The molecule has 33 heavy (non-hydrogen) atoms. The Bertz CT molecular complexity index is 1010. The maximum absolute atomic E-state index is 13.4. The first-order chi connectivity index (χ1) is 15.7. The normalized spacial score (nSPS) is 18.6. The van der Waals surface area contributed by atoms with E-state index in [1.165, 1.54) is 11.1 Å². The molecule has 0 saturated heterocycles. The molecule has 0 fully saturated rings. The second kappa shape index (κ2) is 9.68. The van der Waals surface area contributed by atoms with Crippen LogP contribution in [0.15, 0.2) is 48.5 Å². The summed E-state index contributed by atoms with van der Waals surface area (Å²) in [5.41, 5.74) is 4.93. The second-order valence-electron chi connectivity index (χ2n) is 10.6. The molecule has 2 aromatic carbocycles. The van der Waals surface area contributed by atoms with Crippen molar-refractivity contribution in [3.8, 4) is 0 Å². The highest BCUT2D eigenvalue weighted by atomic mass is 16.2. The minimum absolute atomic E-state index is 0.0490. The molecule has 1 atom stereocenters. The molecule has 0 bridgehead atoms. The van der Waals surface area contributed by atoms with Gasteiger partial charge in [0.25, 0.3) is 0 Å². The van der Waals surface area contributed by atoms with E-state index in [-0.39, 0.29) is 23.3 Å². The summed E-state index contributed by atoms with van der Waals surface area (Å²) in [6, 6.07) is 16.3. The number of carbonyl (C=O) groups is 2. The first kappa shape index (κ1) is 23.5. The third kappa shape index (κ3) is 5.30. The molecule has 0 aromatic heterocycles. The number of carbonyl (C=O) groups excluding carboxylic acids is 2. The van der Waals surface area contributed by atoms with E-state index in [9.17, 15) is 9.59 Å². The van der Waals surface area contributed by atoms with Crippen LogP contribution in [0.1, 0.15) is 56.4 Å². The number of rotatable bonds is 6. The SMILES string of the molecule is CC(C)CC(=O)N1Cc2ccccc2CC1C(=O)NCC(C)(C)N1CCc2ccccc2C1. The van der Waals surface area contributed by atoms with Crippen molar-refractivity contribution in [2.45, 2.75) is 71.6 Å². The first-order valence-corrected chi connectivity index (χ1v) is 12.2. The van der Waals surface area contributed by atoms with Gasteiger partial charge in [-0.15, -0.1) is 0 Å². The van der Waals surface area contributed by atoms with Crippen LogP contribution in [0.3, 0.4) is 0 Å². The van der Waals surface area contributed by atoms with Gasteiger partial charge in [0.1, 0.15) is 6.04 Å². The van der Waals surface area contributed by atoms with Crippen LogP contribution in [0.4, 0.5) is 0 Å². The van der Waals surface area contributed by atoms with Crippen molar-refractivity contribution in [3.05, 3.63) is 70.8 Å². The van der Waals surface area contributed by atoms with Crippen molar-refractivity contribution in [1.29, 1.82) is 0 Å². The van der Waals surface area contributed by atoms with Crippen LogP contribution in [0, 0.1) is 5.92 Å². The molecule has 0 aliphatic carbocycles. The Balaban J connectivity index is 1.45. The van der Waals surface area contributed by atoms with Gasteiger partial charge in [0.05, 0.1) is 0 Å². The Morgan fingerprint density at radius 1 is 0.970 bits per heavy atom. The summed E-state index contributed by atoms with van der Waals surface area (Å²) < 4.78 is 0. The topological polar surface area (TPSA) is 52.7 Å². The first-order valence-electron chi connectivity index (χ1n) is 12.2. The summed E-state index contributed by atoms with van der Waals surface area (Å²) in [6.45, 7) is 11.4. The summed E-state index contributed by atoms with van der Waals surface area (Å²) in [5.74, 6) is 0.276. The van der Waals surface area contributed by atoms with E-state index in [4.69, 9.17) is 0 Å². The molecule has 2 aliphatic heterocycles. The predicted molar refractivity (Wildman–Crippen MR) is 132 cm³/mol. The van der Waals surface area contributed by atoms with E-state index in [1.54, 1.807) is 4.90 Å². The van der Waals surface area contributed by atoms with Crippen molar-refractivity contribution in [1.82, 2.24) is 15.1 Å². The van der Waals surface area contributed by atoms with Crippen molar-refractivity contribution in [3.63, 3.8) is 0 Å². The molecular formula is C28H37N3O2. The Morgan fingerprint density at radius 3 is 2.24 bits per heavy atom. The van der Waals surface area contributed by atoms with Crippen LogP contribution in [0.25, 0.3) is 0 Å². The lowest BCUT2D eigenvalue weighted by atomic mass is 9.92. The molecule has 1 N–H and O–H groups in total. The van der Waals surface area contributed by atoms with Crippen LogP contribution >= 0.6 is 0 Å². The quantitative estimate of drug-likeness (QED) is 0.730. The van der Waals surface area contributed by atoms with Crippen LogP contribution in [0.2, 0.25) is 0 Å². The fourth-order valence-corrected chi connectivity index (χ4v) is 5.03. The number of fused-ring (bicyclic) bond motifs is 2. The molecule has 2 aliphatic rings. The van der Waals surface area contributed by atoms with E-state index in [2.05, 4.69) is 60.5 Å². The van der Waals surface area contributed by atoms with Gasteiger partial charge in [-0.3, -0.25) is 14.5 Å². The van der Waals surface area contributed by atoms with Gasteiger partial charge >= 0.3 is 0 Å². The third-order valence-electron chi connectivity index (χ3n) is 7.14. The summed E-state index contributed by atoms with van der Waals surface area (Å²) >= 11 is 0. The Labute approximate surface area is 198 Å². The molecule has 4 rings (SSSR count). The lowest BCUT2D eigenvalue weighted by Crippen LogP contribution is -2.57. The number of hydrogen-bond acceptors (Lipinski definition) is 3. The molecule has 0 radical (unpaired) electrons. The molecule has 5 heteroatoms. The van der Waals surface area contributed by atoms with Crippen molar-refractivity contribution in [2.24, 2.45) is 5.92 Å². The Hall–Kier alpha value is -2.66. The van der Waals surface area contributed by atoms with Crippen LogP contribution in [0.5, 0.6) is 0 Å². The molecule has 1 unspecified atom stereocenters. The predicted octanol–water partition coefficient (Wildman–Crippen LogP) is 3.94. The molecule has 5 nitrogen and oxygen atoms in total. The Kier molecular flexibility index (Phi) is 6.89. The van der Waals surface area contributed by atoms with Crippen molar-refractivity contribution >= 4 is 11.8 Å². The average Bonchev–Trinajstić information content (AvgIpc) is 2.81. The molecule has 0 saturated carbocycles. The molecule has 176 valence electrons. The van der Waals surface area contributed by atoms with Crippen LogP contribution in [-0.4, -0.2) is 46.3 Å². The molecule has 2 aromatic rings. The number of hydrogen-bond donors (Lipinski definition) is 1. The summed E-state index contributed by atoms with van der Waals surface area (Å²) in [6.07, 6.45) is 2.07. The summed E-state index contributed by atoms with van der Waals surface area (Å²) in [4.78, 5) is 30.7. The van der Waals surface area contributed by atoms with Crippen LogP contribution < -0.4 is 5.32 Å². The Morgan fingerprint density at radius 2 is 1.58 bits per heavy atom. The largest absolute Gasteiger partial charge is 0.352 e. The smallest absolute Gasteiger partial charge is 0.243 e. The lowest BCUT2D eigenvalue weighted by Gasteiger charge is -2.42. The standard InChI is InChI=1S/C28H37N3O2/c1-20(2)15-26(32)31-18-24-12-8-6-10-22(24)16-25(31)27(33)29-19-28(3,4)30-14-13-21-9-5-7-11-23(21)17-30/h5-12,20,25H,13-19H2,1-4H3,(H,29,33). The van der Waals surface area contributed by atoms with Gasteiger partial charge in [-0.1, -0.05) is 62.4 Å². The molecular weight excluding hydrogens is 410 g/mol. The minimum Gasteiger partial charge on any atom is -0.352 e. The zero-order valence-electron chi connectivity index (χ0n) is 20.4. The minimum atomic E-state index is -0.455. The van der Waals surface area contributed by atoms with Gasteiger partial charge in [-0.05, 0) is 48.4 Å². The van der Waals surface area contributed by atoms with Gasteiger partial charge in [-0.2, -0.15) is 0 Å². The van der Waals surface area contributed by atoms with Gasteiger partial charge < -0.3 is 10.2 Å². The average molecular weight is 448 g/mol. The van der Waals surface area contributed by atoms with Crippen LogP contribution in [-0.2, 0) is 35.5 Å². The monoisotopic (exact) mass is 447 g/mol. The zero-order chi connectivity index (χ0) is 23.6. The third-order valence-corrected chi connectivity index (χ3v) is 7.14. The van der Waals surface area contributed by atoms with Gasteiger partial charge in [0, 0.05) is 44.6 Å². The number of nitrogens with zero attached hydrogens (tertiary/aromatic N) is 2. The van der Waals surface area contributed by atoms with E-state index in [0.717, 1.165) is 30.6 Å². The van der Waals surface area contributed by atoms with E-state index >= 15 is 0 Å². The zero-order valence-corrected chi connectivity index (χ0v) is 20.4. The van der Waals surface area contributed by atoms with Crippen molar-refractivity contribution < 1.29 is 9.59 Å².